The zero-order valence-electron chi connectivity index (χ0n) is 33.6. The Morgan fingerprint density at radius 3 is 1.62 bits per heavy atom. The Bertz CT molecular complexity index is 991. The molecule has 0 fully saturated rings. The van der Waals surface area contributed by atoms with Crippen LogP contribution in [0, 0.1) is 5.92 Å². The van der Waals surface area contributed by atoms with E-state index in [0.29, 0.717) is 19.3 Å². The van der Waals surface area contributed by atoms with Gasteiger partial charge < -0.3 is 19.7 Å². The van der Waals surface area contributed by atoms with Gasteiger partial charge in [0.25, 0.3) is 0 Å². The number of carbonyl (C=O) groups is 2. The van der Waals surface area contributed by atoms with Gasteiger partial charge in [-0.15, -0.1) is 0 Å². The van der Waals surface area contributed by atoms with Gasteiger partial charge in [0.15, 0.2) is 0 Å². The van der Waals surface area contributed by atoms with Crippen LogP contribution in [0.25, 0.3) is 0 Å². The number of aliphatic hydroxyl groups excluding tert-OH is 2. The van der Waals surface area contributed by atoms with Crippen molar-refractivity contribution in [3.05, 3.63) is 72.9 Å². The average molecular weight is 727 g/mol. The van der Waals surface area contributed by atoms with E-state index in [0.717, 1.165) is 50.9 Å². The van der Waals surface area contributed by atoms with Crippen molar-refractivity contribution in [2.75, 3.05) is 13.2 Å². The minimum Gasteiger partial charge on any atom is -0.463 e. The SMILES string of the molecule is CC/C=C\C/C=C\CC(O)/C=C/C=C\C/C=C\C/C=C\CCC(=O)OC[C@H](O)COC(=O)CCCCCCCCCCCCCCCCC(C)CC. The van der Waals surface area contributed by atoms with Crippen molar-refractivity contribution in [2.24, 2.45) is 5.92 Å². The van der Waals surface area contributed by atoms with E-state index in [2.05, 4.69) is 51.2 Å². The second-order valence-corrected chi connectivity index (χ2v) is 14.2. The highest BCUT2D eigenvalue weighted by Gasteiger charge is 2.11. The number of unbranched alkanes of at least 4 members (excludes halogenated alkanes) is 13. The summed E-state index contributed by atoms with van der Waals surface area (Å²) in [6.07, 6.45) is 48.5. The summed E-state index contributed by atoms with van der Waals surface area (Å²) in [5, 5.41) is 20.0. The first-order valence-corrected chi connectivity index (χ1v) is 21.0. The number of allylic oxidation sites excluding steroid dienone is 10. The molecule has 0 saturated carbocycles. The molecular formula is C46H78O6. The first-order valence-electron chi connectivity index (χ1n) is 21.0. The van der Waals surface area contributed by atoms with Crippen LogP contribution in [-0.2, 0) is 19.1 Å². The molecule has 0 aromatic carbocycles. The topological polar surface area (TPSA) is 93.1 Å². The van der Waals surface area contributed by atoms with Crippen LogP contribution in [0.1, 0.15) is 175 Å². The molecule has 2 unspecified atom stereocenters. The van der Waals surface area contributed by atoms with E-state index in [1.807, 2.05) is 36.5 Å². The molecule has 298 valence electrons. The molecule has 0 heterocycles. The maximum atomic E-state index is 12.0. The number of aliphatic hydroxyl groups is 2. The van der Waals surface area contributed by atoms with E-state index < -0.39 is 12.2 Å². The van der Waals surface area contributed by atoms with Gasteiger partial charge in [-0.05, 0) is 50.9 Å². The van der Waals surface area contributed by atoms with E-state index >= 15 is 0 Å². The standard InChI is InChI=1S/C46H78O6/c1-4-6-7-8-26-31-36-43(47)37-32-27-22-18-15-16-20-24-29-34-39-46(50)52-41-44(48)40-51-45(49)38-33-28-23-19-14-12-10-9-11-13-17-21-25-30-35-42(3)5-2/h6-7,15-16,22,24,26-27,29,31-32,37,42-44,47-48H,4-5,8-14,17-21,23,25,28,30,33-36,38-41H2,1-3H3/b7-6-,16-15-,27-22-,29-24-,31-26-,37-32+/t42?,43?,44-/m1/s1. The molecule has 0 bridgehead atoms. The summed E-state index contributed by atoms with van der Waals surface area (Å²) in [4.78, 5) is 24.0. The first-order chi connectivity index (χ1) is 25.4. The Hall–Kier alpha value is -2.70. The Kier molecular flexibility index (Phi) is 37.5. The van der Waals surface area contributed by atoms with Crippen LogP contribution in [0.4, 0.5) is 0 Å². The van der Waals surface area contributed by atoms with Crippen LogP contribution in [0.15, 0.2) is 72.9 Å². The Morgan fingerprint density at radius 1 is 0.558 bits per heavy atom. The summed E-state index contributed by atoms with van der Waals surface area (Å²) in [6, 6.07) is 0. The molecule has 0 aliphatic rings. The van der Waals surface area contributed by atoms with Crippen molar-refractivity contribution in [2.45, 2.75) is 187 Å². The zero-order chi connectivity index (χ0) is 38.2. The highest BCUT2D eigenvalue weighted by molar-refractivity contribution is 5.70. The van der Waals surface area contributed by atoms with Crippen LogP contribution >= 0.6 is 0 Å². The minimum absolute atomic E-state index is 0.154. The molecule has 0 rings (SSSR count). The molecule has 52 heavy (non-hydrogen) atoms. The fraction of sp³-hybridized carbons (Fsp3) is 0.696. The number of hydrogen-bond acceptors (Lipinski definition) is 6. The van der Waals surface area contributed by atoms with E-state index in [1.54, 1.807) is 6.08 Å². The normalized spacial score (nSPS) is 14.2. The lowest BCUT2D eigenvalue weighted by molar-refractivity contribution is -0.152. The summed E-state index contributed by atoms with van der Waals surface area (Å²) in [5.41, 5.74) is 0. The summed E-state index contributed by atoms with van der Waals surface area (Å²) in [6.45, 7) is 6.44. The van der Waals surface area contributed by atoms with Gasteiger partial charge in [-0.3, -0.25) is 9.59 Å². The molecule has 3 atom stereocenters. The highest BCUT2D eigenvalue weighted by Crippen LogP contribution is 2.16. The molecule has 0 spiro atoms. The Balaban J connectivity index is 3.62. The third kappa shape index (κ3) is 38.5. The van der Waals surface area contributed by atoms with Gasteiger partial charge in [-0.2, -0.15) is 0 Å². The van der Waals surface area contributed by atoms with Crippen molar-refractivity contribution >= 4 is 11.9 Å². The predicted octanol–water partition coefficient (Wildman–Crippen LogP) is 12.2. The summed E-state index contributed by atoms with van der Waals surface area (Å²) in [7, 11) is 0. The monoisotopic (exact) mass is 727 g/mol. The predicted molar refractivity (Wildman–Crippen MR) is 220 cm³/mol. The third-order valence-electron chi connectivity index (χ3n) is 9.09. The van der Waals surface area contributed by atoms with Crippen molar-refractivity contribution < 1.29 is 29.3 Å². The number of esters is 2. The average Bonchev–Trinajstić information content (AvgIpc) is 3.14. The molecule has 0 aromatic heterocycles. The molecule has 0 amide bonds. The number of rotatable bonds is 36. The molecule has 6 nitrogen and oxygen atoms in total. The first kappa shape index (κ1) is 49.3. The third-order valence-corrected chi connectivity index (χ3v) is 9.09. The van der Waals surface area contributed by atoms with Gasteiger partial charge in [-0.1, -0.05) is 190 Å². The Labute approximate surface area is 319 Å². The maximum absolute atomic E-state index is 12.0. The van der Waals surface area contributed by atoms with E-state index in [4.69, 9.17) is 9.47 Å². The lowest BCUT2D eigenvalue weighted by Gasteiger charge is -2.12. The van der Waals surface area contributed by atoms with E-state index in [9.17, 15) is 19.8 Å². The molecule has 6 heteroatoms. The molecule has 0 radical (unpaired) electrons. The number of hydrogen-bond donors (Lipinski definition) is 2. The van der Waals surface area contributed by atoms with Crippen LogP contribution < -0.4 is 0 Å². The number of carbonyl (C=O) groups excluding carboxylic acids is 2. The van der Waals surface area contributed by atoms with Gasteiger partial charge in [0.2, 0.25) is 0 Å². The van der Waals surface area contributed by atoms with Crippen LogP contribution in [0.2, 0.25) is 0 Å². The quantitative estimate of drug-likeness (QED) is 0.0289. The van der Waals surface area contributed by atoms with Gasteiger partial charge >= 0.3 is 11.9 Å². The smallest absolute Gasteiger partial charge is 0.306 e. The molecule has 0 saturated heterocycles. The van der Waals surface area contributed by atoms with Crippen LogP contribution in [0.3, 0.4) is 0 Å². The van der Waals surface area contributed by atoms with Crippen molar-refractivity contribution in [3.8, 4) is 0 Å². The summed E-state index contributed by atoms with van der Waals surface area (Å²) >= 11 is 0. The highest BCUT2D eigenvalue weighted by atomic mass is 16.6. The zero-order valence-corrected chi connectivity index (χ0v) is 33.6. The second-order valence-electron chi connectivity index (χ2n) is 14.2. The van der Waals surface area contributed by atoms with E-state index in [-0.39, 0.29) is 31.6 Å². The van der Waals surface area contributed by atoms with E-state index in [1.165, 1.54) is 83.5 Å². The van der Waals surface area contributed by atoms with Crippen LogP contribution in [0.5, 0.6) is 0 Å². The fourth-order valence-corrected chi connectivity index (χ4v) is 5.52. The van der Waals surface area contributed by atoms with Crippen molar-refractivity contribution in [1.82, 2.24) is 0 Å². The molecule has 0 aromatic rings. The van der Waals surface area contributed by atoms with Gasteiger partial charge in [-0.25, -0.2) is 0 Å². The minimum atomic E-state index is -1.01. The van der Waals surface area contributed by atoms with Crippen molar-refractivity contribution in [1.29, 1.82) is 0 Å². The van der Waals surface area contributed by atoms with Gasteiger partial charge in [0.1, 0.15) is 19.3 Å². The summed E-state index contributed by atoms with van der Waals surface area (Å²) < 4.78 is 10.3. The Morgan fingerprint density at radius 2 is 1.04 bits per heavy atom. The molecular weight excluding hydrogens is 648 g/mol. The molecule has 0 aliphatic carbocycles. The lowest BCUT2D eigenvalue weighted by atomic mass is 9.99. The largest absolute Gasteiger partial charge is 0.463 e. The van der Waals surface area contributed by atoms with Crippen LogP contribution in [-0.4, -0.2) is 47.6 Å². The van der Waals surface area contributed by atoms with Gasteiger partial charge in [0, 0.05) is 12.8 Å². The van der Waals surface area contributed by atoms with Crippen molar-refractivity contribution in [3.63, 3.8) is 0 Å². The lowest BCUT2D eigenvalue weighted by Crippen LogP contribution is -2.25. The summed E-state index contributed by atoms with van der Waals surface area (Å²) in [5.74, 6) is 0.205. The molecule has 2 N–H and O–H groups in total. The number of ether oxygens (including phenoxy) is 2. The molecule has 0 aliphatic heterocycles. The maximum Gasteiger partial charge on any atom is 0.306 e. The van der Waals surface area contributed by atoms with Gasteiger partial charge in [0.05, 0.1) is 6.10 Å². The fourth-order valence-electron chi connectivity index (χ4n) is 5.52. The second kappa shape index (κ2) is 39.5.